The molecule has 2 aromatic heterocycles. The highest BCUT2D eigenvalue weighted by molar-refractivity contribution is 7.91. The molecule has 0 amide bonds. The Morgan fingerprint density at radius 2 is 1.14 bits per heavy atom. The van der Waals surface area contributed by atoms with Gasteiger partial charge in [-0.05, 0) is 94.9 Å². The summed E-state index contributed by atoms with van der Waals surface area (Å²) in [6.07, 6.45) is 3.68. The molecule has 14 nitrogen and oxygen atoms in total. The Balaban J connectivity index is 0.000000180. The molecule has 4 N–H and O–H groups in total. The highest BCUT2D eigenvalue weighted by Gasteiger charge is 2.30. The van der Waals surface area contributed by atoms with Crippen LogP contribution >= 0.6 is 0 Å². The van der Waals surface area contributed by atoms with Crippen molar-refractivity contribution in [2.45, 2.75) is 74.5 Å². The third-order valence-corrected chi connectivity index (χ3v) is 13.4. The zero-order valence-corrected chi connectivity index (χ0v) is 34.2. The van der Waals surface area contributed by atoms with Crippen LogP contribution in [0.2, 0.25) is 0 Å². The Kier molecular flexibility index (Phi) is 12.1. The molecule has 0 radical (unpaired) electrons. The molecule has 0 spiro atoms. The van der Waals surface area contributed by atoms with Gasteiger partial charge in [0.25, 0.3) is 0 Å². The molecule has 0 aliphatic carbocycles. The maximum absolute atomic E-state index is 13.3. The second kappa shape index (κ2) is 17.1. The second-order valence-electron chi connectivity index (χ2n) is 14.7. The van der Waals surface area contributed by atoms with E-state index >= 15 is 0 Å². The van der Waals surface area contributed by atoms with Gasteiger partial charge in [0.05, 0.1) is 58.7 Å². The van der Waals surface area contributed by atoms with Crippen molar-refractivity contribution in [3.63, 3.8) is 0 Å². The zero-order valence-electron chi connectivity index (χ0n) is 32.5. The monoisotopic (exact) mass is 837 g/mol. The fourth-order valence-corrected chi connectivity index (χ4v) is 10.3. The number of rotatable bonds is 12. The molecule has 4 heterocycles. The molecule has 59 heavy (non-hydrogen) atoms. The first kappa shape index (κ1) is 41.8. The summed E-state index contributed by atoms with van der Waals surface area (Å²) >= 11 is 0. The first-order valence-corrected chi connectivity index (χ1v) is 21.9. The van der Waals surface area contributed by atoms with Gasteiger partial charge in [-0.2, -0.15) is 0 Å². The number of hydrogen-bond donors (Lipinski definition) is 3. The number of benzene rings is 4. The summed E-state index contributed by atoms with van der Waals surface area (Å²) < 4.78 is 74.0. The van der Waals surface area contributed by atoms with Crippen molar-refractivity contribution in [3.05, 3.63) is 147 Å². The molecule has 0 fully saturated rings. The normalized spacial score (nSPS) is 13.6. The maximum Gasteiger partial charge on any atom is 0.491 e. The predicted octanol–water partition coefficient (Wildman–Crippen LogP) is 3.24. The lowest BCUT2D eigenvalue weighted by atomic mass is 9.79. The lowest BCUT2D eigenvalue weighted by molar-refractivity contribution is -0.116. The first-order valence-electron chi connectivity index (χ1n) is 18.6. The minimum Gasteiger partial charge on any atom is -0.448 e. The molecule has 2 aliphatic heterocycles. The van der Waals surface area contributed by atoms with Crippen LogP contribution in [0.4, 0.5) is 5.69 Å². The molecular formula is C41H41B2N3O11S2. The summed E-state index contributed by atoms with van der Waals surface area (Å²) in [5, 5.41) is 19.8. The van der Waals surface area contributed by atoms with Gasteiger partial charge in [0.1, 0.15) is 18.3 Å². The van der Waals surface area contributed by atoms with Gasteiger partial charge in [0, 0.05) is 12.1 Å². The van der Waals surface area contributed by atoms with Gasteiger partial charge < -0.3 is 33.9 Å². The van der Waals surface area contributed by atoms with Gasteiger partial charge in [-0.15, -0.1) is 0 Å². The van der Waals surface area contributed by atoms with E-state index in [1.165, 1.54) is 25.5 Å². The minimum absolute atomic E-state index is 0.00700. The molecule has 0 saturated carbocycles. The van der Waals surface area contributed by atoms with E-state index in [1.54, 1.807) is 80.6 Å². The van der Waals surface area contributed by atoms with Gasteiger partial charge in [-0.25, -0.2) is 26.8 Å². The summed E-state index contributed by atoms with van der Waals surface area (Å²) in [5.41, 5.74) is 13.6. The van der Waals surface area contributed by atoms with Gasteiger partial charge in [0.15, 0.2) is 31.5 Å². The molecule has 2 aliphatic rings. The van der Waals surface area contributed by atoms with E-state index in [1.807, 2.05) is 0 Å². The van der Waals surface area contributed by atoms with Crippen LogP contribution in [-0.2, 0) is 77.8 Å². The highest BCUT2D eigenvalue weighted by Crippen LogP contribution is 2.27. The van der Waals surface area contributed by atoms with Gasteiger partial charge in [-0.1, -0.05) is 48.5 Å². The van der Waals surface area contributed by atoms with E-state index in [4.69, 9.17) is 23.9 Å². The smallest absolute Gasteiger partial charge is 0.448 e. The van der Waals surface area contributed by atoms with Crippen molar-refractivity contribution in [1.82, 2.24) is 9.97 Å². The zero-order chi connectivity index (χ0) is 42.1. The Labute approximate surface area is 342 Å². The number of sulfone groups is 2. The van der Waals surface area contributed by atoms with Crippen LogP contribution < -0.4 is 16.7 Å². The number of nitrogen functional groups attached to an aromatic ring is 1. The molecule has 0 bridgehead atoms. The van der Waals surface area contributed by atoms with Crippen molar-refractivity contribution in [1.29, 1.82) is 0 Å². The highest BCUT2D eigenvalue weighted by atomic mass is 32.2. The Morgan fingerprint density at radius 3 is 1.59 bits per heavy atom. The van der Waals surface area contributed by atoms with Crippen LogP contribution in [0.25, 0.3) is 0 Å². The van der Waals surface area contributed by atoms with Crippen LogP contribution in [0.1, 0.15) is 69.0 Å². The Morgan fingerprint density at radius 1 is 0.678 bits per heavy atom. The Bertz CT molecular complexity index is 2770. The summed E-state index contributed by atoms with van der Waals surface area (Å²) in [4.78, 5) is 20.4. The van der Waals surface area contributed by atoms with Crippen LogP contribution in [0.3, 0.4) is 0 Å². The number of nitrogens with two attached hydrogens (primary N) is 1. The van der Waals surface area contributed by atoms with E-state index in [2.05, 4.69) is 9.97 Å². The summed E-state index contributed by atoms with van der Waals surface area (Å²) in [6, 6.07) is 20.1. The SMILES string of the molecule is CC(=O)Cc1ccc(S(=O)(=O)Cc2ccc3c(c2)B(O)OC3)c(Cc2nc(C)co2)c1.Cc1coc(Cc2cc(N)ccc2S(=O)(=O)Cc2ccc3c(c2)B(O)OC3)n1. The molecule has 6 aromatic rings. The third kappa shape index (κ3) is 9.92. The average molecular weight is 838 g/mol. The van der Waals surface area contributed by atoms with Crippen molar-refractivity contribution in [3.8, 4) is 0 Å². The van der Waals surface area contributed by atoms with Crippen LogP contribution in [0, 0.1) is 13.8 Å². The number of fused-ring (bicyclic) bond motifs is 2. The molecule has 0 saturated heterocycles. The lowest BCUT2D eigenvalue weighted by Gasteiger charge is -2.12. The average Bonchev–Trinajstić information content (AvgIpc) is 3.96. The van der Waals surface area contributed by atoms with Crippen molar-refractivity contribution >= 4 is 56.3 Å². The predicted molar refractivity (Wildman–Crippen MR) is 219 cm³/mol. The number of hydrogen-bond acceptors (Lipinski definition) is 14. The molecular weight excluding hydrogens is 796 g/mol. The minimum atomic E-state index is -3.71. The van der Waals surface area contributed by atoms with Crippen molar-refractivity contribution in [2.24, 2.45) is 0 Å². The largest absolute Gasteiger partial charge is 0.491 e. The fraction of sp³-hybridized carbons (Fsp3) is 0.244. The van der Waals surface area contributed by atoms with Crippen LogP contribution in [0.5, 0.6) is 0 Å². The number of anilines is 1. The van der Waals surface area contributed by atoms with E-state index in [0.717, 1.165) is 22.4 Å². The molecule has 304 valence electrons. The van der Waals surface area contributed by atoms with Crippen LogP contribution in [0.15, 0.2) is 104 Å². The number of ketones is 1. The van der Waals surface area contributed by atoms with E-state index < -0.39 is 33.9 Å². The first-order chi connectivity index (χ1) is 28.0. The fourth-order valence-electron chi connectivity index (χ4n) is 7.11. The Hall–Kier alpha value is -5.36. The maximum atomic E-state index is 13.3. The molecule has 8 rings (SSSR count). The van der Waals surface area contributed by atoms with E-state index in [9.17, 15) is 31.7 Å². The number of aryl methyl sites for hydroxylation is 2. The number of oxazole rings is 2. The van der Waals surface area contributed by atoms with E-state index in [-0.39, 0.29) is 46.3 Å². The lowest BCUT2D eigenvalue weighted by Crippen LogP contribution is -2.28. The third-order valence-electron chi connectivity index (χ3n) is 9.81. The molecule has 18 heteroatoms. The molecule has 0 unspecified atom stereocenters. The van der Waals surface area contributed by atoms with Crippen molar-refractivity contribution < 1.29 is 49.8 Å². The van der Waals surface area contributed by atoms with Crippen molar-refractivity contribution in [2.75, 3.05) is 5.73 Å². The number of carbonyl (C=O) groups excluding carboxylic acids is 1. The van der Waals surface area contributed by atoms with Gasteiger partial charge in [-0.3, -0.25) is 4.79 Å². The topological polar surface area (TPSA) is 222 Å². The molecule has 0 atom stereocenters. The molecule has 4 aromatic carbocycles. The van der Waals surface area contributed by atoms with Gasteiger partial charge >= 0.3 is 14.2 Å². The summed E-state index contributed by atoms with van der Waals surface area (Å²) in [5.74, 6) is 0.405. The van der Waals surface area contributed by atoms with Crippen LogP contribution in [-0.4, -0.2) is 56.9 Å². The van der Waals surface area contributed by atoms with E-state index in [0.29, 0.717) is 69.6 Å². The number of Topliss-reactive ketones (excluding diaryl/α,β-unsaturated/α-hetero) is 1. The number of carbonyl (C=O) groups is 1. The second-order valence-corrected chi connectivity index (χ2v) is 18.6. The number of aromatic nitrogens is 2. The summed E-state index contributed by atoms with van der Waals surface area (Å²) in [6.45, 7) is 5.72. The standard InChI is InChI=1S/C22H22BNO6S.C19H19BN2O5S/c1-14-11-29-22(24-14)10-19-8-16(7-15(2)25)4-6-21(19)31(27,28)13-17-3-5-18-12-30-23(26)20(18)9-17;1-12-9-26-19(22-12)8-15-7-16(21)4-5-18(15)28(24,25)11-13-2-3-14-10-27-20(23)17(14)6-13/h3-6,8-9,11,26H,7,10,12-13H2,1-2H3;2-7,9,23H,8,10-11,21H2,1H3. The quantitative estimate of drug-likeness (QED) is 0.119. The summed E-state index contributed by atoms with van der Waals surface area (Å²) in [7, 11) is -9.42. The number of nitrogens with zero attached hydrogens (tertiary/aromatic N) is 2. The van der Waals surface area contributed by atoms with Gasteiger partial charge in [0.2, 0.25) is 0 Å².